The highest BCUT2D eigenvalue weighted by Gasteiger charge is 2.51. The lowest BCUT2D eigenvalue weighted by atomic mass is 9.92. The molecule has 2 N–H and O–H groups in total. The van der Waals surface area contributed by atoms with E-state index < -0.39 is 11.8 Å². The molecule has 0 spiro atoms. The zero-order chi connectivity index (χ0) is 18.4. The van der Waals surface area contributed by atoms with Gasteiger partial charge in [0.15, 0.2) is 6.61 Å². The summed E-state index contributed by atoms with van der Waals surface area (Å²) in [6, 6.07) is 5.63. The van der Waals surface area contributed by atoms with Gasteiger partial charge in [-0.25, -0.2) is 4.39 Å². The Morgan fingerprint density at radius 3 is 2.54 bits per heavy atom. The first-order valence-corrected chi connectivity index (χ1v) is 8.39. The summed E-state index contributed by atoms with van der Waals surface area (Å²) in [6.07, 6.45) is 0. The van der Waals surface area contributed by atoms with Gasteiger partial charge in [-0.2, -0.15) is 0 Å². The highest BCUT2D eigenvalue weighted by atomic mass is 35.5. The number of ether oxygens (including phenoxy) is 4. The number of aromatic nitrogens is 2. The zero-order valence-electron chi connectivity index (χ0n) is 14.0. The van der Waals surface area contributed by atoms with Gasteiger partial charge in [0.05, 0.1) is 31.2 Å². The number of nitrogens with two attached hydrogens (primary N) is 1. The second-order valence-corrected chi connectivity index (χ2v) is 7.20. The van der Waals surface area contributed by atoms with Crippen LogP contribution in [0.25, 0.3) is 11.3 Å². The van der Waals surface area contributed by atoms with Crippen LogP contribution in [0, 0.1) is 11.2 Å². The molecule has 1 aromatic carbocycles. The zero-order valence-corrected chi connectivity index (χ0v) is 14.8. The van der Waals surface area contributed by atoms with Crippen LogP contribution in [0.4, 0.5) is 10.1 Å². The molecule has 7 nitrogen and oxygen atoms in total. The van der Waals surface area contributed by atoms with Crippen LogP contribution in [0.5, 0.6) is 5.88 Å². The van der Waals surface area contributed by atoms with E-state index in [9.17, 15) is 4.39 Å². The SMILES string of the molecule is CC12COC(COc3nnc(-c4cc(Cl)ccc4F)cc3N)(OC1)OC2. The van der Waals surface area contributed by atoms with Gasteiger partial charge in [0.25, 0.3) is 5.88 Å². The van der Waals surface area contributed by atoms with Crippen molar-refractivity contribution in [1.29, 1.82) is 0 Å². The van der Waals surface area contributed by atoms with E-state index in [1.165, 1.54) is 24.3 Å². The molecule has 2 aromatic rings. The van der Waals surface area contributed by atoms with Crippen molar-refractivity contribution in [3.05, 3.63) is 35.1 Å². The molecule has 5 rings (SSSR count). The van der Waals surface area contributed by atoms with E-state index >= 15 is 0 Å². The van der Waals surface area contributed by atoms with Crippen molar-refractivity contribution in [3.8, 4) is 17.1 Å². The summed E-state index contributed by atoms with van der Waals surface area (Å²) in [5.41, 5.74) is 6.49. The van der Waals surface area contributed by atoms with E-state index in [2.05, 4.69) is 10.2 Å². The lowest BCUT2D eigenvalue weighted by molar-refractivity contribution is -0.470. The Hall–Kier alpha value is -2.00. The van der Waals surface area contributed by atoms with Gasteiger partial charge in [-0.05, 0) is 24.3 Å². The molecular weight excluding hydrogens is 365 g/mol. The van der Waals surface area contributed by atoms with E-state index in [0.29, 0.717) is 24.8 Å². The maximum atomic E-state index is 14.0. The third kappa shape index (κ3) is 3.21. The van der Waals surface area contributed by atoms with E-state index in [1.807, 2.05) is 6.92 Å². The van der Waals surface area contributed by atoms with Crippen molar-refractivity contribution in [1.82, 2.24) is 10.2 Å². The monoisotopic (exact) mass is 381 g/mol. The molecule has 2 bridgehead atoms. The second-order valence-electron chi connectivity index (χ2n) is 6.76. The van der Waals surface area contributed by atoms with Crippen LogP contribution in [0.3, 0.4) is 0 Å². The fourth-order valence-electron chi connectivity index (χ4n) is 2.72. The second kappa shape index (κ2) is 6.31. The first kappa shape index (κ1) is 17.4. The highest BCUT2D eigenvalue weighted by molar-refractivity contribution is 6.30. The normalized spacial score (nSPS) is 27.5. The Morgan fingerprint density at radius 1 is 1.19 bits per heavy atom. The quantitative estimate of drug-likeness (QED) is 0.870. The fraction of sp³-hybridized carbons (Fsp3) is 0.412. The summed E-state index contributed by atoms with van der Waals surface area (Å²) in [4.78, 5) is 0. The van der Waals surface area contributed by atoms with Crippen LogP contribution in [-0.4, -0.2) is 42.6 Å². The minimum absolute atomic E-state index is 0.0488. The Labute approximate surface area is 154 Å². The van der Waals surface area contributed by atoms with E-state index in [1.54, 1.807) is 0 Å². The molecule has 138 valence electrons. The van der Waals surface area contributed by atoms with Crippen molar-refractivity contribution >= 4 is 17.3 Å². The average molecular weight is 382 g/mol. The summed E-state index contributed by atoms with van der Waals surface area (Å²) in [5, 5.41) is 8.28. The number of nitrogens with zero attached hydrogens (tertiary/aromatic N) is 2. The molecule has 4 heterocycles. The summed E-state index contributed by atoms with van der Waals surface area (Å²) in [6.45, 7) is 3.53. The van der Waals surface area contributed by atoms with Gasteiger partial charge in [0.1, 0.15) is 5.82 Å². The minimum atomic E-state index is -1.26. The van der Waals surface area contributed by atoms with Crippen molar-refractivity contribution < 1.29 is 23.3 Å². The third-order valence-corrected chi connectivity index (χ3v) is 4.53. The van der Waals surface area contributed by atoms with Gasteiger partial charge in [-0.15, -0.1) is 10.2 Å². The third-order valence-electron chi connectivity index (χ3n) is 4.30. The lowest BCUT2D eigenvalue weighted by Gasteiger charge is -2.49. The molecule has 0 amide bonds. The number of halogens is 2. The van der Waals surface area contributed by atoms with Gasteiger partial charge in [-0.3, -0.25) is 0 Å². The molecule has 3 aliphatic rings. The number of nitrogen functional groups attached to an aromatic ring is 1. The maximum absolute atomic E-state index is 14.0. The number of hydrogen-bond acceptors (Lipinski definition) is 7. The number of hydrogen-bond donors (Lipinski definition) is 1. The Kier molecular flexibility index (Phi) is 4.23. The molecule has 26 heavy (non-hydrogen) atoms. The van der Waals surface area contributed by atoms with Crippen LogP contribution in [-0.2, 0) is 14.2 Å². The van der Waals surface area contributed by atoms with Crippen LogP contribution in [0.2, 0.25) is 5.02 Å². The Morgan fingerprint density at radius 2 is 1.88 bits per heavy atom. The minimum Gasteiger partial charge on any atom is -0.466 e. The van der Waals surface area contributed by atoms with Crippen LogP contribution in [0.1, 0.15) is 6.92 Å². The topological polar surface area (TPSA) is 88.7 Å². The average Bonchev–Trinajstić information content (AvgIpc) is 2.64. The summed E-state index contributed by atoms with van der Waals surface area (Å²) < 4.78 is 36.4. The molecule has 0 atom stereocenters. The number of rotatable bonds is 4. The first-order valence-electron chi connectivity index (χ1n) is 8.01. The molecule has 1 aromatic heterocycles. The molecule has 0 unspecified atom stereocenters. The lowest BCUT2D eigenvalue weighted by Crippen LogP contribution is -2.61. The van der Waals surface area contributed by atoms with Crippen LogP contribution < -0.4 is 10.5 Å². The first-order chi connectivity index (χ1) is 12.4. The van der Waals surface area contributed by atoms with Crippen LogP contribution >= 0.6 is 11.6 Å². The predicted octanol–water partition coefficient (Wildman–Crippen LogP) is 2.63. The number of fused-ring (bicyclic) bond motifs is 3. The van der Waals surface area contributed by atoms with Gasteiger partial charge < -0.3 is 24.7 Å². The number of benzene rings is 1. The van der Waals surface area contributed by atoms with Crippen molar-refractivity contribution in [2.24, 2.45) is 5.41 Å². The van der Waals surface area contributed by atoms with Gasteiger partial charge in [-0.1, -0.05) is 18.5 Å². The molecule has 0 radical (unpaired) electrons. The highest BCUT2D eigenvalue weighted by Crippen LogP contribution is 2.38. The van der Waals surface area contributed by atoms with E-state index in [-0.39, 0.29) is 34.8 Å². The van der Waals surface area contributed by atoms with Crippen molar-refractivity contribution in [2.75, 3.05) is 32.2 Å². The largest absolute Gasteiger partial charge is 0.466 e. The van der Waals surface area contributed by atoms with Crippen molar-refractivity contribution in [2.45, 2.75) is 12.9 Å². The standard InChI is InChI=1S/C17H17ClFN3O4/c1-16-6-24-17(25-7-16,26-8-16)9-23-15-13(20)5-14(21-22-15)11-4-10(18)2-3-12(11)19/h2-5H,6-9H2,1H3,(H2,20,21). The van der Waals surface area contributed by atoms with Gasteiger partial charge in [0.2, 0.25) is 0 Å². The Balaban J connectivity index is 1.49. The predicted molar refractivity (Wildman–Crippen MR) is 91.0 cm³/mol. The Bertz CT molecular complexity index is 826. The molecule has 3 aliphatic heterocycles. The fourth-order valence-corrected chi connectivity index (χ4v) is 2.89. The van der Waals surface area contributed by atoms with Crippen LogP contribution in [0.15, 0.2) is 24.3 Å². The molecular formula is C17H17ClFN3O4. The molecule has 3 fully saturated rings. The summed E-state index contributed by atoms with van der Waals surface area (Å²) in [5.74, 6) is -1.65. The van der Waals surface area contributed by atoms with E-state index in [0.717, 1.165) is 0 Å². The molecule has 3 saturated heterocycles. The molecule has 0 aliphatic carbocycles. The molecule has 0 saturated carbocycles. The summed E-state index contributed by atoms with van der Waals surface area (Å²) in [7, 11) is 0. The maximum Gasteiger partial charge on any atom is 0.319 e. The van der Waals surface area contributed by atoms with Gasteiger partial charge >= 0.3 is 5.97 Å². The van der Waals surface area contributed by atoms with Gasteiger partial charge in [0, 0.05) is 16.0 Å². The molecule has 9 heteroatoms. The summed E-state index contributed by atoms with van der Waals surface area (Å²) >= 11 is 5.91. The van der Waals surface area contributed by atoms with E-state index in [4.69, 9.17) is 36.3 Å². The van der Waals surface area contributed by atoms with Crippen molar-refractivity contribution in [3.63, 3.8) is 0 Å². The number of anilines is 1. The smallest absolute Gasteiger partial charge is 0.319 e.